The Kier molecular flexibility index (Phi) is 14.0. The number of alkyl carbamates (subject to hydrolysis) is 2. The van der Waals surface area contributed by atoms with E-state index in [9.17, 15) is 19.2 Å². The number of aromatic nitrogens is 4. The van der Waals surface area contributed by atoms with Crippen LogP contribution in [0.1, 0.15) is 204 Å². The van der Waals surface area contributed by atoms with Gasteiger partial charge in [-0.3, -0.25) is 9.59 Å². The highest BCUT2D eigenvalue weighted by Crippen LogP contribution is 2.54. The Labute approximate surface area is 398 Å². The molecule has 2 aromatic heterocycles. The molecule has 2 saturated heterocycles. The molecule has 5 aliphatic rings. The SMILES string of the molecule is CC(C)[C@H](NC(=O)OC(C)(C)C)C(=O)N1CCC[C@H]1c1ncc(-c2ccc(C3CCC(c4cnc([C@@H]5CCCN5C(=O)[C@@H](NC(=O)OC(C)(C)C)C(C)C)[nH]4)CC3)c3c2CC2(CCCC2)C3)[nH]1. The number of ether oxygens (including phenoxy) is 2. The number of fused-ring (bicyclic) bond motifs is 1. The number of hydrogen-bond acceptors (Lipinski definition) is 8. The first-order valence-corrected chi connectivity index (χ1v) is 25.5. The van der Waals surface area contributed by atoms with Crippen LogP contribution in [0.15, 0.2) is 24.5 Å². The third-order valence-corrected chi connectivity index (χ3v) is 15.3. The number of benzene rings is 1. The van der Waals surface area contributed by atoms with Gasteiger partial charge >= 0.3 is 12.2 Å². The maximum absolute atomic E-state index is 14.1. The summed E-state index contributed by atoms with van der Waals surface area (Å²) in [6.45, 7) is 20.0. The molecular formula is C53H78N8O6. The van der Waals surface area contributed by atoms with Crippen LogP contribution in [0.25, 0.3) is 11.3 Å². The number of aromatic amines is 2. The lowest BCUT2D eigenvalue weighted by atomic mass is 9.75. The average molecular weight is 923 g/mol. The van der Waals surface area contributed by atoms with Gasteiger partial charge in [0.05, 0.1) is 24.0 Å². The van der Waals surface area contributed by atoms with Crippen LogP contribution in [-0.2, 0) is 31.9 Å². The second-order valence-corrected chi connectivity index (χ2v) is 23.3. The Balaban J connectivity index is 0.952. The molecule has 0 bridgehead atoms. The molecule has 4 amide bonds. The molecule has 14 heteroatoms. The van der Waals surface area contributed by atoms with Crippen LogP contribution in [-0.4, -0.2) is 90.1 Å². The molecule has 8 rings (SSSR count). The number of likely N-dealkylation sites (tertiary alicyclic amines) is 2. The molecule has 2 aliphatic heterocycles. The van der Waals surface area contributed by atoms with Gasteiger partial charge in [-0.15, -0.1) is 0 Å². The summed E-state index contributed by atoms with van der Waals surface area (Å²) in [6, 6.07) is 3.02. The molecule has 0 radical (unpaired) electrons. The average Bonchev–Trinajstić information content (AvgIpc) is 4.11. The van der Waals surface area contributed by atoms with Crippen molar-refractivity contribution in [3.63, 3.8) is 0 Å². The largest absolute Gasteiger partial charge is 0.444 e. The van der Waals surface area contributed by atoms with Gasteiger partial charge in [0.1, 0.15) is 34.9 Å². The van der Waals surface area contributed by atoms with Crippen molar-refractivity contribution in [1.82, 2.24) is 40.4 Å². The summed E-state index contributed by atoms with van der Waals surface area (Å²) in [4.78, 5) is 74.6. The first kappa shape index (κ1) is 48.6. The predicted octanol–water partition coefficient (Wildman–Crippen LogP) is 10.3. The first-order chi connectivity index (χ1) is 31.7. The number of nitrogens with one attached hydrogen (secondary N) is 4. The van der Waals surface area contributed by atoms with Crippen molar-refractivity contribution >= 4 is 24.0 Å². The standard InChI is InChI=1S/C53H78N8O6/c1-31(2)43(58-49(64)66-51(5,6)7)47(62)60-25-13-15-41(60)45-54-29-39(56-45)34-19-17-33(18-20-34)35-21-22-36(38-28-53(27-37(35)38)23-11-12-24-53)40-30-55-46(57-40)42-16-14-26-61(42)48(63)44(32(3)4)59-50(65)67-52(8,9)10/h21-22,29-34,41-44H,11-20,23-28H2,1-10H3,(H,54,56)(H,55,57)(H,58,64)(H,59,65)/t33?,34?,41-,42-,43-,44-/m0/s1. The molecule has 2 saturated carbocycles. The van der Waals surface area contributed by atoms with Crippen molar-refractivity contribution in [3.8, 4) is 11.3 Å². The summed E-state index contributed by atoms with van der Waals surface area (Å²) in [6.07, 6.45) is 18.0. The van der Waals surface area contributed by atoms with Crippen LogP contribution < -0.4 is 10.6 Å². The van der Waals surface area contributed by atoms with Crippen molar-refractivity contribution in [3.05, 3.63) is 58.6 Å². The van der Waals surface area contributed by atoms with Crippen LogP contribution in [0.2, 0.25) is 0 Å². The van der Waals surface area contributed by atoms with Gasteiger partial charge in [0.25, 0.3) is 0 Å². The van der Waals surface area contributed by atoms with Gasteiger partial charge in [-0.2, -0.15) is 0 Å². The van der Waals surface area contributed by atoms with Gasteiger partial charge in [-0.05, 0) is 158 Å². The minimum atomic E-state index is -0.699. The lowest BCUT2D eigenvalue weighted by Crippen LogP contribution is -2.52. The molecule has 3 aliphatic carbocycles. The molecule has 67 heavy (non-hydrogen) atoms. The van der Waals surface area contributed by atoms with E-state index in [1.54, 1.807) is 5.56 Å². The summed E-state index contributed by atoms with van der Waals surface area (Å²) in [5.41, 5.74) is 6.98. The summed E-state index contributed by atoms with van der Waals surface area (Å²) in [5.74, 6) is 2.10. The Morgan fingerprint density at radius 2 is 1.15 bits per heavy atom. The molecule has 366 valence electrons. The maximum Gasteiger partial charge on any atom is 0.408 e. The van der Waals surface area contributed by atoms with E-state index < -0.39 is 35.5 Å². The second-order valence-electron chi connectivity index (χ2n) is 23.3. The lowest BCUT2D eigenvalue weighted by Gasteiger charge is -2.31. The van der Waals surface area contributed by atoms with Gasteiger partial charge < -0.3 is 39.9 Å². The van der Waals surface area contributed by atoms with Gasteiger partial charge in [-0.1, -0.05) is 52.7 Å². The fourth-order valence-corrected chi connectivity index (χ4v) is 12.0. The second kappa shape index (κ2) is 19.3. The monoisotopic (exact) mass is 923 g/mol. The zero-order valence-electron chi connectivity index (χ0n) is 42.0. The Morgan fingerprint density at radius 1 is 0.657 bits per heavy atom. The van der Waals surface area contributed by atoms with Crippen molar-refractivity contribution in [2.45, 2.75) is 206 Å². The number of amides is 4. The van der Waals surface area contributed by atoms with E-state index in [2.05, 4.69) is 32.7 Å². The predicted molar refractivity (Wildman–Crippen MR) is 258 cm³/mol. The fraction of sp³-hybridized carbons (Fsp3) is 0.698. The summed E-state index contributed by atoms with van der Waals surface area (Å²) in [5, 5.41) is 5.72. The third-order valence-electron chi connectivity index (χ3n) is 15.3. The normalized spacial score (nSPS) is 23.8. The highest BCUT2D eigenvalue weighted by molar-refractivity contribution is 5.87. The van der Waals surface area contributed by atoms with Crippen LogP contribution in [0.5, 0.6) is 0 Å². The quantitative estimate of drug-likeness (QED) is 0.147. The first-order valence-electron chi connectivity index (χ1n) is 25.5. The molecule has 3 aromatic rings. The fourth-order valence-electron chi connectivity index (χ4n) is 12.0. The van der Waals surface area contributed by atoms with E-state index in [1.165, 1.54) is 42.4 Å². The van der Waals surface area contributed by atoms with Crippen molar-refractivity contribution in [2.75, 3.05) is 13.1 Å². The summed E-state index contributed by atoms with van der Waals surface area (Å²) < 4.78 is 11.0. The summed E-state index contributed by atoms with van der Waals surface area (Å²) >= 11 is 0. The van der Waals surface area contributed by atoms with E-state index in [0.717, 1.165) is 87.2 Å². The number of carbonyl (C=O) groups is 4. The minimum Gasteiger partial charge on any atom is -0.444 e. The van der Waals surface area contributed by atoms with E-state index in [1.807, 2.05) is 91.4 Å². The van der Waals surface area contributed by atoms with Crippen LogP contribution in [0.4, 0.5) is 9.59 Å². The molecular weight excluding hydrogens is 845 g/mol. The lowest BCUT2D eigenvalue weighted by molar-refractivity contribution is -0.136. The Hall–Kier alpha value is -4.88. The zero-order chi connectivity index (χ0) is 48.0. The van der Waals surface area contributed by atoms with E-state index >= 15 is 0 Å². The number of rotatable bonds is 11. The molecule has 4 heterocycles. The zero-order valence-corrected chi connectivity index (χ0v) is 42.0. The number of imidazole rings is 2. The molecule has 14 nitrogen and oxygen atoms in total. The molecule has 4 atom stereocenters. The molecule has 1 spiro atoms. The van der Waals surface area contributed by atoms with E-state index in [0.29, 0.717) is 30.3 Å². The van der Waals surface area contributed by atoms with E-state index in [-0.39, 0.29) is 35.7 Å². The Morgan fingerprint density at radius 3 is 1.67 bits per heavy atom. The topological polar surface area (TPSA) is 175 Å². The highest BCUT2D eigenvalue weighted by atomic mass is 16.6. The molecule has 4 fully saturated rings. The smallest absolute Gasteiger partial charge is 0.408 e. The summed E-state index contributed by atoms with van der Waals surface area (Å²) in [7, 11) is 0. The maximum atomic E-state index is 14.1. The number of hydrogen-bond donors (Lipinski definition) is 4. The van der Waals surface area contributed by atoms with Crippen molar-refractivity contribution < 1.29 is 28.7 Å². The molecule has 4 N–H and O–H groups in total. The van der Waals surface area contributed by atoms with Crippen LogP contribution >= 0.6 is 0 Å². The molecule has 0 unspecified atom stereocenters. The Bertz CT molecular complexity index is 2270. The number of carbonyl (C=O) groups excluding carboxylic acids is 4. The number of H-pyrrole nitrogens is 2. The van der Waals surface area contributed by atoms with E-state index in [4.69, 9.17) is 19.4 Å². The number of nitrogens with zero attached hydrogens (tertiary/aromatic N) is 4. The van der Waals surface area contributed by atoms with Crippen LogP contribution in [0, 0.1) is 17.3 Å². The van der Waals surface area contributed by atoms with Gasteiger partial charge in [0.2, 0.25) is 11.8 Å². The van der Waals surface area contributed by atoms with Crippen LogP contribution in [0.3, 0.4) is 0 Å². The van der Waals surface area contributed by atoms with Gasteiger partial charge in [-0.25, -0.2) is 19.6 Å². The van der Waals surface area contributed by atoms with Crippen molar-refractivity contribution in [1.29, 1.82) is 0 Å². The highest BCUT2D eigenvalue weighted by Gasteiger charge is 2.44. The third kappa shape index (κ3) is 10.7. The minimum absolute atomic E-state index is 0.0917. The van der Waals surface area contributed by atoms with Crippen molar-refractivity contribution in [2.24, 2.45) is 17.3 Å². The van der Waals surface area contributed by atoms with Gasteiger partial charge in [0, 0.05) is 36.5 Å². The molecule has 1 aromatic carbocycles. The van der Waals surface area contributed by atoms with Gasteiger partial charge in [0.15, 0.2) is 0 Å².